The number of amides is 1. The van der Waals surface area contributed by atoms with Crippen molar-refractivity contribution in [3.05, 3.63) is 24.3 Å². The summed E-state index contributed by atoms with van der Waals surface area (Å²) in [6, 6.07) is 8.15. The van der Waals surface area contributed by atoms with Crippen molar-refractivity contribution in [2.45, 2.75) is 25.8 Å². The Hall–Kier alpha value is -1.75. The number of methoxy groups -OCH3 is 1. The Bertz CT molecular complexity index is 451. The van der Waals surface area contributed by atoms with Crippen LogP contribution in [-0.4, -0.2) is 50.1 Å². The average molecular weight is 291 g/mol. The molecule has 116 valence electrons. The number of benzene rings is 1. The number of anilines is 1. The highest BCUT2D eigenvalue weighted by molar-refractivity contribution is 5.76. The summed E-state index contributed by atoms with van der Waals surface area (Å²) in [5.41, 5.74) is 6.88. The van der Waals surface area contributed by atoms with Gasteiger partial charge in [0, 0.05) is 44.3 Å². The van der Waals surface area contributed by atoms with Crippen LogP contribution in [0, 0.1) is 0 Å². The molecule has 0 aliphatic carbocycles. The van der Waals surface area contributed by atoms with Gasteiger partial charge in [0.15, 0.2) is 0 Å². The first-order valence-electron chi connectivity index (χ1n) is 7.52. The Balaban J connectivity index is 1.83. The van der Waals surface area contributed by atoms with Crippen LogP contribution in [0.25, 0.3) is 0 Å². The lowest BCUT2D eigenvalue weighted by atomic mass is 10.1. The van der Waals surface area contributed by atoms with Gasteiger partial charge in [-0.25, -0.2) is 0 Å². The predicted octanol–water partition coefficient (Wildman–Crippen LogP) is 1.47. The number of hydrogen-bond acceptors (Lipinski definition) is 4. The Morgan fingerprint density at radius 1 is 1.24 bits per heavy atom. The Labute approximate surface area is 126 Å². The zero-order chi connectivity index (χ0) is 15.2. The number of nitrogens with zero attached hydrogens (tertiary/aromatic N) is 2. The number of nitrogens with two attached hydrogens (primary N) is 1. The van der Waals surface area contributed by atoms with Gasteiger partial charge in [-0.3, -0.25) is 4.79 Å². The molecule has 0 saturated carbocycles. The molecule has 1 heterocycles. The predicted molar refractivity (Wildman–Crippen MR) is 84.7 cm³/mol. The quantitative estimate of drug-likeness (QED) is 0.892. The van der Waals surface area contributed by atoms with Crippen molar-refractivity contribution in [3.63, 3.8) is 0 Å². The van der Waals surface area contributed by atoms with E-state index >= 15 is 0 Å². The Kier molecular flexibility index (Phi) is 5.44. The van der Waals surface area contributed by atoms with E-state index in [-0.39, 0.29) is 11.9 Å². The van der Waals surface area contributed by atoms with E-state index in [2.05, 4.69) is 17.0 Å². The molecule has 5 heteroatoms. The van der Waals surface area contributed by atoms with Gasteiger partial charge in [0.25, 0.3) is 0 Å². The minimum Gasteiger partial charge on any atom is -0.497 e. The van der Waals surface area contributed by atoms with Crippen molar-refractivity contribution in [1.29, 1.82) is 0 Å². The molecule has 1 aromatic rings. The zero-order valence-corrected chi connectivity index (χ0v) is 12.9. The lowest BCUT2D eigenvalue weighted by Gasteiger charge is -2.36. The molecular weight excluding hydrogens is 266 g/mol. The fourth-order valence-corrected chi connectivity index (χ4v) is 2.52. The third kappa shape index (κ3) is 4.36. The van der Waals surface area contributed by atoms with E-state index in [0.29, 0.717) is 6.42 Å². The average Bonchev–Trinajstić information content (AvgIpc) is 2.53. The number of hydrogen-bond donors (Lipinski definition) is 1. The van der Waals surface area contributed by atoms with Crippen LogP contribution in [-0.2, 0) is 4.79 Å². The molecule has 2 rings (SSSR count). The van der Waals surface area contributed by atoms with Gasteiger partial charge >= 0.3 is 0 Å². The number of carbonyl (C=O) groups excluding carboxylic acids is 1. The summed E-state index contributed by atoms with van der Waals surface area (Å²) >= 11 is 0. The molecule has 1 atom stereocenters. The zero-order valence-electron chi connectivity index (χ0n) is 12.9. The molecule has 0 aromatic heterocycles. The first-order valence-corrected chi connectivity index (χ1v) is 7.52. The molecule has 21 heavy (non-hydrogen) atoms. The molecule has 1 unspecified atom stereocenters. The van der Waals surface area contributed by atoms with E-state index < -0.39 is 0 Å². The van der Waals surface area contributed by atoms with Crippen LogP contribution in [0.2, 0.25) is 0 Å². The van der Waals surface area contributed by atoms with Crippen molar-refractivity contribution < 1.29 is 9.53 Å². The van der Waals surface area contributed by atoms with E-state index in [1.54, 1.807) is 7.11 Å². The fourth-order valence-electron chi connectivity index (χ4n) is 2.52. The van der Waals surface area contributed by atoms with E-state index in [1.807, 2.05) is 24.0 Å². The summed E-state index contributed by atoms with van der Waals surface area (Å²) in [4.78, 5) is 16.3. The van der Waals surface area contributed by atoms with E-state index in [1.165, 1.54) is 5.69 Å². The van der Waals surface area contributed by atoms with E-state index in [4.69, 9.17) is 10.5 Å². The molecular formula is C16H25N3O2. The molecule has 0 bridgehead atoms. The molecule has 0 radical (unpaired) electrons. The number of rotatable bonds is 5. The molecule has 2 N–H and O–H groups in total. The fraction of sp³-hybridized carbons (Fsp3) is 0.562. The standard InChI is InChI=1S/C16H25N3O2/c1-13(17)3-8-16(20)19-11-9-18(10-12-19)14-4-6-15(21-2)7-5-14/h4-7,13H,3,8-12,17H2,1-2H3. The minimum absolute atomic E-state index is 0.0922. The highest BCUT2D eigenvalue weighted by Crippen LogP contribution is 2.20. The van der Waals surface area contributed by atoms with Crippen LogP contribution in [0.3, 0.4) is 0 Å². The number of carbonyl (C=O) groups is 1. The number of ether oxygens (including phenoxy) is 1. The minimum atomic E-state index is 0.0922. The molecule has 1 amide bonds. The molecule has 1 aromatic carbocycles. The van der Waals surface area contributed by atoms with Gasteiger partial charge in [0.1, 0.15) is 5.75 Å². The summed E-state index contributed by atoms with van der Waals surface area (Å²) < 4.78 is 5.17. The van der Waals surface area contributed by atoms with Gasteiger partial charge in [0.2, 0.25) is 5.91 Å². The molecule has 1 saturated heterocycles. The topological polar surface area (TPSA) is 58.8 Å². The summed E-state index contributed by atoms with van der Waals surface area (Å²) in [5, 5.41) is 0. The van der Waals surface area contributed by atoms with Gasteiger partial charge in [-0.1, -0.05) is 0 Å². The van der Waals surface area contributed by atoms with Crippen LogP contribution < -0.4 is 15.4 Å². The highest BCUT2D eigenvalue weighted by atomic mass is 16.5. The maximum atomic E-state index is 12.1. The summed E-state index contributed by atoms with van der Waals surface area (Å²) in [7, 11) is 1.67. The van der Waals surface area contributed by atoms with Crippen molar-refractivity contribution in [2.24, 2.45) is 5.73 Å². The molecule has 1 aliphatic rings. The summed E-state index contributed by atoms with van der Waals surface area (Å²) in [6.45, 7) is 5.25. The maximum absolute atomic E-state index is 12.1. The first-order chi connectivity index (χ1) is 10.1. The molecule has 0 spiro atoms. The van der Waals surface area contributed by atoms with Crippen molar-refractivity contribution in [2.75, 3.05) is 38.2 Å². The third-order valence-corrected chi connectivity index (χ3v) is 3.88. The molecule has 1 fully saturated rings. The van der Waals surface area contributed by atoms with Gasteiger partial charge in [-0.15, -0.1) is 0 Å². The van der Waals surface area contributed by atoms with Crippen LogP contribution in [0.5, 0.6) is 5.75 Å². The second-order valence-electron chi connectivity index (χ2n) is 5.58. The van der Waals surface area contributed by atoms with Gasteiger partial charge < -0.3 is 20.3 Å². The van der Waals surface area contributed by atoms with Gasteiger partial charge in [-0.2, -0.15) is 0 Å². The van der Waals surface area contributed by atoms with E-state index in [9.17, 15) is 4.79 Å². The lowest BCUT2D eigenvalue weighted by molar-refractivity contribution is -0.131. The van der Waals surface area contributed by atoms with Crippen molar-refractivity contribution in [1.82, 2.24) is 4.90 Å². The Morgan fingerprint density at radius 3 is 2.38 bits per heavy atom. The lowest BCUT2D eigenvalue weighted by Crippen LogP contribution is -2.48. The SMILES string of the molecule is COc1ccc(N2CCN(C(=O)CCC(C)N)CC2)cc1. The second-order valence-corrected chi connectivity index (χ2v) is 5.58. The van der Waals surface area contributed by atoms with Crippen LogP contribution in [0.4, 0.5) is 5.69 Å². The normalized spacial score (nSPS) is 16.7. The monoisotopic (exact) mass is 291 g/mol. The Morgan fingerprint density at radius 2 is 1.86 bits per heavy atom. The van der Waals surface area contributed by atoms with Crippen molar-refractivity contribution >= 4 is 11.6 Å². The van der Waals surface area contributed by atoms with Gasteiger partial charge in [0.05, 0.1) is 7.11 Å². The van der Waals surface area contributed by atoms with Crippen LogP contribution in [0.1, 0.15) is 19.8 Å². The largest absolute Gasteiger partial charge is 0.497 e. The van der Waals surface area contributed by atoms with E-state index in [0.717, 1.165) is 38.3 Å². The maximum Gasteiger partial charge on any atom is 0.222 e. The third-order valence-electron chi connectivity index (χ3n) is 3.88. The highest BCUT2D eigenvalue weighted by Gasteiger charge is 2.21. The molecule has 5 nitrogen and oxygen atoms in total. The van der Waals surface area contributed by atoms with Crippen LogP contribution >= 0.6 is 0 Å². The molecule has 1 aliphatic heterocycles. The summed E-state index contributed by atoms with van der Waals surface area (Å²) in [5.74, 6) is 1.09. The van der Waals surface area contributed by atoms with Crippen molar-refractivity contribution in [3.8, 4) is 5.75 Å². The second kappa shape index (κ2) is 7.31. The van der Waals surface area contributed by atoms with Gasteiger partial charge in [-0.05, 0) is 37.6 Å². The summed E-state index contributed by atoms with van der Waals surface area (Å²) in [6.07, 6.45) is 1.32. The van der Waals surface area contributed by atoms with Crippen LogP contribution in [0.15, 0.2) is 24.3 Å². The smallest absolute Gasteiger partial charge is 0.222 e. The number of piperazine rings is 1. The first kappa shape index (κ1) is 15.6.